The van der Waals surface area contributed by atoms with Crippen LogP contribution in [-0.2, 0) is 4.79 Å². The normalized spacial score (nSPS) is 35.0. The van der Waals surface area contributed by atoms with Gasteiger partial charge in [-0.3, -0.25) is 4.79 Å². The van der Waals surface area contributed by atoms with Crippen molar-refractivity contribution in [3.8, 4) is 24.0 Å². The van der Waals surface area contributed by atoms with E-state index in [0.717, 1.165) is 0 Å². The Morgan fingerprint density at radius 3 is 2.28 bits per heavy atom. The minimum Gasteiger partial charge on any atom is -0.497 e. The largest absolute Gasteiger partial charge is 0.497 e. The Morgan fingerprint density at radius 2 is 1.80 bits per heavy atom. The highest BCUT2D eigenvalue weighted by atomic mass is 16.5. The second-order valence-electron chi connectivity index (χ2n) is 6.58. The summed E-state index contributed by atoms with van der Waals surface area (Å²) in [5.41, 5.74) is -4.92. The summed E-state index contributed by atoms with van der Waals surface area (Å²) in [5.74, 6) is -1.89. The van der Waals surface area contributed by atoms with Crippen LogP contribution in [-0.4, -0.2) is 23.8 Å². The van der Waals surface area contributed by atoms with E-state index < -0.39 is 34.3 Å². The van der Waals surface area contributed by atoms with Crippen molar-refractivity contribution >= 4 is 5.91 Å². The molecule has 2 fully saturated rings. The first-order valence-electron chi connectivity index (χ1n) is 7.78. The number of amides is 1. The molecule has 4 atom stereocenters. The number of nitriles is 3. The molecule has 7 heteroatoms. The van der Waals surface area contributed by atoms with E-state index in [-0.39, 0.29) is 6.42 Å². The maximum atomic E-state index is 12.6. The Labute approximate surface area is 145 Å². The maximum Gasteiger partial charge on any atom is 0.245 e. The third kappa shape index (κ3) is 1.78. The van der Waals surface area contributed by atoms with Crippen LogP contribution >= 0.6 is 0 Å². The van der Waals surface area contributed by atoms with Gasteiger partial charge in [-0.25, -0.2) is 0 Å². The zero-order valence-corrected chi connectivity index (χ0v) is 13.8. The van der Waals surface area contributed by atoms with Gasteiger partial charge in [0.1, 0.15) is 11.5 Å². The number of hydrogen-bond donors (Lipinski definition) is 2. The second-order valence-corrected chi connectivity index (χ2v) is 6.58. The number of aliphatic hydroxyl groups is 1. The summed E-state index contributed by atoms with van der Waals surface area (Å²) in [6.45, 7) is 1.52. The average molecular weight is 336 g/mol. The van der Waals surface area contributed by atoms with Crippen molar-refractivity contribution in [2.24, 2.45) is 16.7 Å². The van der Waals surface area contributed by atoms with Crippen molar-refractivity contribution < 1.29 is 14.6 Å². The Balaban J connectivity index is 2.26. The van der Waals surface area contributed by atoms with Crippen LogP contribution in [0.1, 0.15) is 24.8 Å². The lowest BCUT2D eigenvalue weighted by atomic mass is 9.48. The van der Waals surface area contributed by atoms with Gasteiger partial charge in [-0.15, -0.1) is 0 Å². The van der Waals surface area contributed by atoms with Crippen molar-refractivity contribution in [3.63, 3.8) is 0 Å². The third-order valence-corrected chi connectivity index (χ3v) is 5.76. The number of carbonyl (C=O) groups excluding carboxylic acids is 1. The van der Waals surface area contributed by atoms with Crippen LogP contribution < -0.4 is 10.1 Å². The molecule has 0 aromatic heterocycles. The molecule has 3 rings (SSSR count). The first kappa shape index (κ1) is 16.8. The molecule has 1 aromatic rings. The monoisotopic (exact) mass is 336 g/mol. The van der Waals surface area contributed by atoms with Gasteiger partial charge in [-0.05, 0) is 17.7 Å². The molecule has 1 aliphatic heterocycles. The molecular weight excluding hydrogens is 320 g/mol. The van der Waals surface area contributed by atoms with Gasteiger partial charge < -0.3 is 15.2 Å². The fourth-order valence-electron chi connectivity index (χ4n) is 4.24. The van der Waals surface area contributed by atoms with Gasteiger partial charge in [0.15, 0.2) is 10.8 Å². The molecule has 0 unspecified atom stereocenters. The molecule has 2 aliphatic rings. The molecule has 2 bridgehead atoms. The van der Waals surface area contributed by atoms with Gasteiger partial charge in [0.2, 0.25) is 5.91 Å². The number of nitrogens with zero attached hydrogens (tertiary/aromatic N) is 3. The van der Waals surface area contributed by atoms with E-state index in [4.69, 9.17) is 4.74 Å². The van der Waals surface area contributed by atoms with Crippen LogP contribution in [0.5, 0.6) is 5.75 Å². The maximum absolute atomic E-state index is 12.6. The summed E-state index contributed by atoms with van der Waals surface area (Å²) >= 11 is 0. The Morgan fingerprint density at radius 1 is 1.20 bits per heavy atom. The fraction of sp³-hybridized carbons (Fsp3) is 0.444. The fourth-order valence-corrected chi connectivity index (χ4v) is 4.24. The molecule has 1 heterocycles. The van der Waals surface area contributed by atoms with E-state index in [1.807, 2.05) is 18.2 Å². The Hall–Kier alpha value is -3.08. The number of hydrogen-bond acceptors (Lipinski definition) is 6. The highest BCUT2D eigenvalue weighted by Gasteiger charge is 2.77. The van der Waals surface area contributed by atoms with E-state index in [2.05, 4.69) is 5.32 Å². The molecule has 7 nitrogen and oxygen atoms in total. The molecule has 2 N–H and O–H groups in total. The van der Waals surface area contributed by atoms with Crippen LogP contribution in [0.3, 0.4) is 0 Å². The number of rotatable bonds is 2. The standard InChI is InChI=1S/C18H16N4O3/c1-11-17(10-21)15(23)22-18(11,24)7-14(16(17,8-19)9-20)12-3-5-13(25-2)6-4-12/h3-6,11,14,24H,7H2,1-2H3,(H,22,23)/t11-,14-,17-,18-/m0/s1. The topological polar surface area (TPSA) is 130 Å². The van der Waals surface area contributed by atoms with Crippen molar-refractivity contribution in [2.75, 3.05) is 7.11 Å². The molecule has 0 radical (unpaired) electrons. The van der Waals surface area contributed by atoms with Gasteiger partial charge >= 0.3 is 0 Å². The first-order valence-corrected chi connectivity index (χ1v) is 7.78. The summed E-state index contributed by atoms with van der Waals surface area (Å²) in [4.78, 5) is 12.6. The van der Waals surface area contributed by atoms with Crippen LogP contribution in [0, 0.1) is 50.7 Å². The minimum atomic E-state index is -1.95. The zero-order valence-electron chi connectivity index (χ0n) is 13.8. The molecule has 1 amide bonds. The van der Waals surface area contributed by atoms with Gasteiger partial charge in [0.05, 0.1) is 25.3 Å². The number of ether oxygens (including phenoxy) is 1. The predicted octanol–water partition coefficient (Wildman–Crippen LogP) is 1.18. The minimum absolute atomic E-state index is 0.0310. The highest BCUT2D eigenvalue weighted by Crippen LogP contribution is 2.64. The van der Waals surface area contributed by atoms with E-state index in [1.165, 1.54) is 14.0 Å². The second kappa shape index (κ2) is 5.21. The molecular formula is C18H16N4O3. The molecule has 1 saturated heterocycles. The van der Waals surface area contributed by atoms with Crippen molar-refractivity contribution in [3.05, 3.63) is 29.8 Å². The molecule has 25 heavy (non-hydrogen) atoms. The molecule has 1 saturated carbocycles. The summed E-state index contributed by atoms with van der Waals surface area (Å²) in [6.07, 6.45) is -0.0310. The number of nitrogens with one attached hydrogen (secondary N) is 1. The molecule has 0 spiro atoms. The molecule has 126 valence electrons. The van der Waals surface area contributed by atoms with E-state index in [1.54, 1.807) is 24.3 Å². The predicted molar refractivity (Wildman–Crippen MR) is 84.3 cm³/mol. The summed E-state index contributed by atoms with van der Waals surface area (Å²) in [5, 5.41) is 43.0. The van der Waals surface area contributed by atoms with E-state index in [0.29, 0.717) is 11.3 Å². The molecule has 1 aromatic carbocycles. The lowest BCUT2D eigenvalue weighted by molar-refractivity contribution is -0.130. The van der Waals surface area contributed by atoms with Crippen LogP contribution in [0.2, 0.25) is 0 Å². The number of fused-ring (bicyclic) bond motifs is 2. The van der Waals surface area contributed by atoms with Crippen LogP contribution in [0.15, 0.2) is 24.3 Å². The zero-order chi connectivity index (χ0) is 18.5. The van der Waals surface area contributed by atoms with Crippen molar-refractivity contribution in [1.29, 1.82) is 15.8 Å². The number of carbonyl (C=O) groups is 1. The lowest BCUT2D eigenvalue weighted by Gasteiger charge is -2.48. The number of benzene rings is 1. The van der Waals surface area contributed by atoms with Gasteiger partial charge in [0.25, 0.3) is 0 Å². The average Bonchev–Trinajstić information content (AvgIpc) is 2.77. The first-order chi connectivity index (χ1) is 11.8. The van der Waals surface area contributed by atoms with Gasteiger partial charge in [-0.2, -0.15) is 15.8 Å². The SMILES string of the molecule is COc1ccc([C@@H]2C[C@@]3(O)NC(=O)[C@](C#N)([C@@H]3C)C2(C#N)C#N)cc1. The lowest BCUT2D eigenvalue weighted by Crippen LogP contribution is -2.57. The quantitative estimate of drug-likeness (QED) is 0.834. The van der Waals surface area contributed by atoms with Crippen LogP contribution in [0.4, 0.5) is 0 Å². The van der Waals surface area contributed by atoms with Gasteiger partial charge in [0, 0.05) is 18.3 Å². The van der Waals surface area contributed by atoms with Crippen molar-refractivity contribution in [1.82, 2.24) is 5.32 Å². The highest BCUT2D eigenvalue weighted by molar-refractivity contribution is 5.92. The number of methoxy groups -OCH3 is 1. The summed E-state index contributed by atoms with van der Waals surface area (Å²) < 4.78 is 5.11. The third-order valence-electron chi connectivity index (χ3n) is 5.76. The smallest absolute Gasteiger partial charge is 0.245 e. The van der Waals surface area contributed by atoms with E-state index in [9.17, 15) is 25.7 Å². The summed E-state index contributed by atoms with van der Waals surface area (Å²) in [6, 6.07) is 12.5. The van der Waals surface area contributed by atoms with Crippen LogP contribution in [0.25, 0.3) is 0 Å². The summed E-state index contributed by atoms with van der Waals surface area (Å²) in [7, 11) is 1.52. The van der Waals surface area contributed by atoms with E-state index >= 15 is 0 Å². The van der Waals surface area contributed by atoms with Gasteiger partial charge in [-0.1, -0.05) is 19.1 Å². The Bertz CT molecular complexity index is 846. The molecule has 1 aliphatic carbocycles. The Kier molecular flexibility index (Phi) is 3.49. The van der Waals surface area contributed by atoms with Crippen molar-refractivity contribution in [2.45, 2.75) is 25.0 Å².